The first kappa shape index (κ1) is 22.8. The number of fused-ring (bicyclic) bond motifs is 1. The number of hydrogen-bond acceptors (Lipinski definition) is 3. The Bertz CT molecular complexity index is 1390. The lowest BCUT2D eigenvalue weighted by atomic mass is 9.76. The molecular formula is C30H26FNO3. The van der Waals surface area contributed by atoms with Gasteiger partial charge in [-0.25, -0.2) is 9.18 Å². The van der Waals surface area contributed by atoms with Crippen molar-refractivity contribution in [3.8, 4) is 5.69 Å². The van der Waals surface area contributed by atoms with Crippen molar-refractivity contribution in [2.75, 3.05) is 0 Å². The van der Waals surface area contributed by atoms with E-state index < -0.39 is 17.9 Å². The van der Waals surface area contributed by atoms with Gasteiger partial charge in [-0.15, -0.1) is 0 Å². The topological polar surface area (TPSA) is 48.3 Å². The highest BCUT2D eigenvalue weighted by molar-refractivity contribution is 5.99. The molecule has 1 aliphatic carbocycles. The second-order valence-corrected chi connectivity index (χ2v) is 9.71. The SMILES string of the molecule is CC1(C)CC(=O)c2cc(C(OC(=O)c3ccccc3)c3ccccc3F)n(-c3ccccc3)c2C1. The molecule has 5 heteroatoms. The molecule has 1 atom stereocenters. The van der Waals surface area contributed by atoms with Crippen LogP contribution in [0.25, 0.3) is 5.69 Å². The predicted octanol–water partition coefficient (Wildman–Crippen LogP) is 6.72. The second kappa shape index (κ2) is 8.99. The van der Waals surface area contributed by atoms with E-state index in [1.54, 1.807) is 48.5 Å². The van der Waals surface area contributed by atoms with Crippen molar-refractivity contribution >= 4 is 11.8 Å². The summed E-state index contributed by atoms with van der Waals surface area (Å²) in [4.78, 5) is 26.3. The van der Waals surface area contributed by atoms with Crippen molar-refractivity contribution < 1.29 is 18.7 Å². The fourth-order valence-electron chi connectivity index (χ4n) is 4.83. The number of carbonyl (C=O) groups is 2. The maximum atomic E-state index is 15.1. The van der Waals surface area contributed by atoms with E-state index in [1.165, 1.54) is 6.07 Å². The third-order valence-electron chi connectivity index (χ3n) is 6.42. The van der Waals surface area contributed by atoms with Crippen molar-refractivity contribution in [2.45, 2.75) is 32.8 Å². The molecule has 1 aliphatic rings. The maximum absolute atomic E-state index is 15.1. The van der Waals surface area contributed by atoms with Crippen LogP contribution in [0.3, 0.4) is 0 Å². The summed E-state index contributed by atoms with van der Waals surface area (Å²) >= 11 is 0. The first-order valence-corrected chi connectivity index (χ1v) is 11.7. The number of ether oxygens (including phenoxy) is 1. The molecule has 0 bridgehead atoms. The average molecular weight is 468 g/mol. The zero-order valence-corrected chi connectivity index (χ0v) is 19.7. The number of para-hydroxylation sites is 1. The molecule has 4 nitrogen and oxygen atoms in total. The van der Waals surface area contributed by atoms with E-state index >= 15 is 4.39 Å². The second-order valence-electron chi connectivity index (χ2n) is 9.71. The molecule has 0 saturated heterocycles. The molecule has 35 heavy (non-hydrogen) atoms. The number of carbonyl (C=O) groups excluding carboxylic acids is 2. The fraction of sp³-hybridized carbons (Fsp3) is 0.200. The van der Waals surface area contributed by atoms with Crippen LogP contribution in [0.4, 0.5) is 4.39 Å². The summed E-state index contributed by atoms with van der Waals surface area (Å²) in [5, 5.41) is 0. The molecule has 1 heterocycles. The fourth-order valence-corrected chi connectivity index (χ4v) is 4.83. The Labute approximate surface area is 204 Å². The molecular weight excluding hydrogens is 441 g/mol. The Balaban J connectivity index is 1.73. The number of rotatable bonds is 5. The van der Waals surface area contributed by atoms with Gasteiger partial charge in [0.15, 0.2) is 11.9 Å². The first-order chi connectivity index (χ1) is 16.8. The van der Waals surface area contributed by atoms with E-state index in [4.69, 9.17) is 4.74 Å². The van der Waals surface area contributed by atoms with Crippen LogP contribution in [0.2, 0.25) is 0 Å². The van der Waals surface area contributed by atoms with Crippen LogP contribution in [-0.4, -0.2) is 16.3 Å². The number of Topliss-reactive ketones (excluding diaryl/α,β-unsaturated/α-hetero) is 1. The van der Waals surface area contributed by atoms with Crippen molar-refractivity contribution in [1.82, 2.24) is 4.57 Å². The summed E-state index contributed by atoms with van der Waals surface area (Å²) < 4.78 is 23.1. The van der Waals surface area contributed by atoms with Gasteiger partial charge in [0.1, 0.15) is 5.82 Å². The third-order valence-corrected chi connectivity index (χ3v) is 6.42. The minimum absolute atomic E-state index is 0.0360. The highest BCUT2D eigenvalue weighted by Gasteiger charge is 2.37. The summed E-state index contributed by atoms with van der Waals surface area (Å²) in [5.41, 5.74) is 3.20. The standard InChI is InChI=1S/C30H26FNO3/c1-30(2)18-26-23(27(33)19-30)17-25(32(26)21-13-7-4-8-14-21)28(22-15-9-10-16-24(22)31)35-29(34)20-11-5-3-6-12-20/h3-17,28H,18-19H2,1-2H3. The molecule has 4 aromatic rings. The van der Waals surface area contributed by atoms with Crippen LogP contribution in [0.15, 0.2) is 91.0 Å². The lowest BCUT2D eigenvalue weighted by Gasteiger charge is -2.30. The zero-order valence-electron chi connectivity index (χ0n) is 19.7. The van der Waals surface area contributed by atoms with Crippen molar-refractivity contribution in [2.24, 2.45) is 5.41 Å². The molecule has 176 valence electrons. The normalized spacial score (nSPS) is 15.3. The molecule has 0 saturated carbocycles. The number of benzene rings is 3. The van der Waals surface area contributed by atoms with Gasteiger partial charge in [-0.05, 0) is 48.2 Å². The summed E-state index contributed by atoms with van der Waals surface area (Å²) in [5.74, 6) is -1.01. The number of esters is 1. The Morgan fingerprint density at radius 2 is 1.54 bits per heavy atom. The van der Waals surface area contributed by atoms with Crippen molar-refractivity contribution in [3.63, 3.8) is 0 Å². The lowest BCUT2D eigenvalue weighted by Crippen LogP contribution is -2.28. The predicted molar refractivity (Wildman–Crippen MR) is 132 cm³/mol. The number of aromatic nitrogens is 1. The van der Waals surface area contributed by atoms with Gasteiger partial charge in [0.2, 0.25) is 0 Å². The maximum Gasteiger partial charge on any atom is 0.339 e. The molecule has 0 spiro atoms. The van der Waals surface area contributed by atoms with Gasteiger partial charge in [0.05, 0.1) is 11.3 Å². The van der Waals surface area contributed by atoms with E-state index in [0.29, 0.717) is 29.7 Å². The van der Waals surface area contributed by atoms with E-state index in [9.17, 15) is 9.59 Å². The van der Waals surface area contributed by atoms with E-state index in [2.05, 4.69) is 13.8 Å². The summed E-state index contributed by atoms with van der Waals surface area (Å²) in [7, 11) is 0. The van der Waals surface area contributed by atoms with Crippen LogP contribution in [-0.2, 0) is 11.2 Å². The van der Waals surface area contributed by atoms with Gasteiger partial charge in [-0.2, -0.15) is 0 Å². The molecule has 1 aromatic heterocycles. The minimum Gasteiger partial charge on any atom is -0.447 e. The number of halogens is 1. The molecule has 5 rings (SSSR count). The highest BCUT2D eigenvalue weighted by atomic mass is 19.1. The Kier molecular flexibility index (Phi) is 5.85. The Morgan fingerprint density at radius 3 is 2.23 bits per heavy atom. The summed E-state index contributed by atoms with van der Waals surface area (Å²) in [6.07, 6.45) is 0.0389. The Hall–Kier alpha value is -3.99. The van der Waals surface area contributed by atoms with Gasteiger partial charge in [0, 0.05) is 28.9 Å². The third kappa shape index (κ3) is 4.42. The quantitative estimate of drug-likeness (QED) is 0.306. The molecule has 0 amide bonds. The van der Waals surface area contributed by atoms with E-state index in [0.717, 1.165) is 11.4 Å². The molecule has 0 fully saturated rings. The number of hydrogen-bond donors (Lipinski definition) is 0. The smallest absolute Gasteiger partial charge is 0.339 e. The lowest BCUT2D eigenvalue weighted by molar-refractivity contribution is 0.0361. The monoisotopic (exact) mass is 467 g/mol. The van der Waals surface area contributed by atoms with Gasteiger partial charge in [0.25, 0.3) is 0 Å². The molecule has 3 aromatic carbocycles. The molecule has 0 N–H and O–H groups in total. The summed E-state index contributed by atoms with van der Waals surface area (Å²) in [6.45, 7) is 4.14. The molecule has 1 unspecified atom stereocenters. The van der Waals surface area contributed by atoms with Gasteiger partial charge in [-0.3, -0.25) is 4.79 Å². The minimum atomic E-state index is -1.05. The largest absolute Gasteiger partial charge is 0.447 e. The highest BCUT2D eigenvalue weighted by Crippen LogP contribution is 2.41. The van der Waals surface area contributed by atoms with Crippen molar-refractivity contribution in [1.29, 1.82) is 0 Å². The zero-order chi connectivity index (χ0) is 24.6. The van der Waals surface area contributed by atoms with Crippen LogP contribution in [0, 0.1) is 11.2 Å². The van der Waals surface area contributed by atoms with Gasteiger partial charge in [-0.1, -0.05) is 68.4 Å². The van der Waals surface area contributed by atoms with Crippen molar-refractivity contribution in [3.05, 3.63) is 125 Å². The van der Waals surface area contributed by atoms with Crippen LogP contribution < -0.4 is 0 Å². The van der Waals surface area contributed by atoms with Crippen LogP contribution in [0.5, 0.6) is 0 Å². The molecule has 0 radical (unpaired) electrons. The summed E-state index contributed by atoms with van der Waals surface area (Å²) in [6, 6.07) is 26.3. The van der Waals surface area contributed by atoms with Crippen LogP contribution in [0.1, 0.15) is 64.0 Å². The van der Waals surface area contributed by atoms with E-state index in [1.807, 2.05) is 41.0 Å². The average Bonchev–Trinajstić information content (AvgIpc) is 3.22. The van der Waals surface area contributed by atoms with E-state index in [-0.39, 0.29) is 16.8 Å². The first-order valence-electron chi connectivity index (χ1n) is 11.7. The molecule has 0 aliphatic heterocycles. The van der Waals surface area contributed by atoms with Gasteiger partial charge >= 0.3 is 5.97 Å². The van der Waals surface area contributed by atoms with Gasteiger partial charge < -0.3 is 9.30 Å². The number of nitrogens with zero attached hydrogens (tertiary/aromatic N) is 1. The van der Waals surface area contributed by atoms with Crippen LogP contribution >= 0.6 is 0 Å². The Morgan fingerprint density at radius 1 is 0.914 bits per heavy atom. The number of ketones is 1.